The predicted molar refractivity (Wildman–Crippen MR) is 94.0 cm³/mol. The molecule has 0 fully saturated rings. The van der Waals surface area contributed by atoms with Crippen LogP contribution in [0.2, 0.25) is 0 Å². The summed E-state index contributed by atoms with van der Waals surface area (Å²) in [6, 6.07) is 6.23. The summed E-state index contributed by atoms with van der Waals surface area (Å²) in [6.07, 6.45) is -16.3. The van der Waals surface area contributed by atoms with Crippen molar-refractivity contribution in [2.45, 2.75) is 31.0 Å². The van der Waals surface area contributed by atoms with E-state index in [0.29, 0.717) is 6.07 Å². The molecule has 0 aliphatic carbocycles. The number of ether oxygens (including phenoxy) is 3. The van der Waals surface area contributed by atoms with Gasteiger partial charge in [-0.2, -0.15) is 39.5 Å². The highest BCUT2D eigenvalue weighted by Gasteiger charge is 2.55. The van der Waals surface area contributed by atoms with Crippen LogP contribution in [0.25, 0.3) is 11.3 Å². The quantitative estimate of drug-likeness (QED) is 0.372. The smallest absolute Gasteiger partial charge is 0.401 e. The molecule has 35 heavy (non-hydrogen) atoms. The van der Waals surface area contributed by atoms with Gasteiger partial charge >= 0.3 is 36.4 Å². The van der Waals surface area contributed by atoms with Crippen molar-refractivity contribution in [3.8, 4) is 17.1 Å². The fourth-order valence-electron chi connectivity index (χ4n) is 2.86. The molecule has 190 valence electrons. The van der Waals surface area contributed by atoms with Crippen molar-refractivity contribution in [1.82, 2.24) is 10.3 Å². The van der Waals surface area contributed by atoms with Crippen LogP contribution < -0.4 is 10.1 Å². The van der Waals surface area contributed by atoms with Gasteiger partial charge in [-0.05, 0) is 12.1 Å². The Labute approximate surface area is 188 Å². The molecular weight excluding hydrogens is 507 g/mol. The lowest BCUT2D eigenvalue weighted by molar-refractivity contribution is -0.331. The van der Waals surface area contributed by atoms with Crippen LogP contribution in [0.5, 0.6) is 5.88 Å². The van der Waals surface area contributed by atoms with Crippen LogP contribution in [0.3, 0.4) is 0 Å². The first-order chi connectivity index (χ1) is 16.0. The number of esters is 2. The molecule has 0 spiro atoms. The van der Waals surface area contributed by atoms with Crippen LogP contribution in [0.1, 0.15) is 11.1 Å². The van der Waals surface area contributed by atoms with Crippen LogP contribution in [-0.2, 0) is 31.8 Å². The molecule has 0 amide bonds. The Bertz CT molecular complexity index is 1100. The molecule has 1 aliphatic heterocycles. The van der Waals surface area contributed by atoms with Gasteiger partial charge in [0, 0.05) is 17.7 Å². The van der Waals surface area contributed by atoms with Gasteiger partial charge in [0.25, 0.3) is 0 Å². The zero-order valence-corrected chi connectivity index (χ0v) is 16.8. The summed E-state index contributed by atoms with van der Waals surface area (Å²) in [4.78, 5) is 26.5. The number of alkyl halides is 9. The second-order valence-corrected chi connectivity index (χ2v) is 6.87. The Balaban J connectivity index is 2.08. The molecule has 3 rings (SSSR count). The first-order valence-electron chi connectivity index (χ1n) is 9.18. The van der Waals surface area contributed by atoms with Crippen molar-refractivity contribution < 1.29 is 63.3 Å². The monoisotopic (exact) mass is 518 g/mol. The number of carbonyl (C=O) groups is 2. The van der Waals surface area contributed by atoms with Crippen LogP contribution in [-0.4, -0.2) is 41.8 Å². The van der Waals surface area contributed by atoms with Gasteiger partial charge in [0.2, 0.25) is 5.88 Å². The zero-order valence-electron chi connectivity index (χ0n) is 16.8. The second-order valence-electron chi connectivity index (χ2n) is 6.87. The number of aromatic nitrogens is 1. The van der Waals surface area contributed by atoms with E-state index < -0.39 is 65.7 Å². The Morgan fingerprint density at radius 2 is 1.46 bits per heavy atom. The SMILES string of the molecule is O=C(OC1(OC(=O)C(F)(F)F)CNCc2ccc(-c3ccccc3C(F)(F)F)nc2O1)C(F)(F)F. The summed E-state index contributed by atoms with van der Waals surface area (Å²) in [5.41, 5.74) is -2.19. The number of rotatable bonds is 3. The molecule has 0 atom stereocenters. The molecule has 7 nitrogen and oxygen atoms in total. The number of nitrogens with zero attached hydrogens (tertiary/aromatic N) is 1. The van der Waals surface area contributed by atoms with Crippen molar-refractivity contribution in [3.63, 3.8) is 0 Å². The standard InChI is InChI=1S/C19H11F9N2O5/c20-17(21,22)11-4-2-1-3-10(11)12-6-5-9-7-29-8-16(33-13(9)30-12,34-14(31)18(23,24)25)35-15(32)19(26,27)28/h1-6,29H,7-8H2. The molecule has 1 aromatic carbocycles. The predicted octanol–water partition coefficient (Wildman–Crippen LogP) is 4.11. The Morgan fingerprint density at radius 1 is 0.886 bits per heavy atom. The molecule has 16 heteroatoms. The number of carbonyl (C=O) groups excluding carboxylic acids is 2. The van der Waals surface area contributed by atoms with E-state index >= 15 is 0 Å². The molecule has 1 N–H and O–H groups in total. The largest absolute Gasteiger partial charge is 0.491 e. The minimum absolute atomic E-state index is 0.0776. The number of pyridine rings is 1. The highest BCUT2D eigenvalue weighted by molar-refractivity contribution is 5.78. The number of benzene rings is 1. The fourth-order valence-corrected chi connectivity index (χ4v) is 2.86. The average molecular weight is 518 g/mol. The molecule has 0 radical (unpaired) electrons. The lowest BCUT2D eigenvalue weighted by atomic mass is 10.0. The fraction of sp³-hybridized carbons (Fsp3) is 0.316. The maximum atomic E-state index is 13.4. The summed E-state index contributed by atoms with van der Waals surface area (Å²) in [6.45, 7) is -1.60. The molecule has 2 heterocycles. The van der Waals surface area contributed by atoms with Crippen molar-refractivity contribution in [1.29, 1.82) is 0 Å². The maximum Gasteiger partial charge on any atom is 0.491 e. The highest BCUT2D eigenvalue weighted by atomic mass is 19.4. The van der Waals surface area contributed by atoms with Crippen LogP contribution >= 0.6 is 0 Å². The van der Waals surface area contributed by atoms with E-state index in [2.05, 4.69) is 19.8 Å². The van der Waals surface area contributed by atoms with E-state index in [1.165, 1.54) is 6.07 Å². The summed E-state index contributed by atoms with van der Waals surface area (Å²) < 4.78 is 129. The number of nitrogens with one attached hydrogen (secondary N) is 1. The third-order valence-electron chi connectivity index (χ3n) is 4.32. The van der Waals surface area contributed by atoms with Crippen molar-refractivity contribution in [2.24, 2.45) is 0 Å². The Morgan fingerprint density at radius 3 is 2.00 bits per heavy atom. The van der Waals surface area contributed by atoms with Gasteiger partial charge in [0.15, 0.2) is 0 Å². The number of fused-ring (bicyclic) bond motifs is 1. The molecule has 0 saturated heterocycles. The topological polar surface area (TPSA) is 86.8 Å². The molecule has 0 bridgehead atoms. The average Bonchev–Trinajstić information content (AvgIpc) is 2.90. The van der Waals surface area contributed by atoms with Crippen LogP contribution in [0, 0.1) is 0 Å². The summed E-state index contributed by atoms with van der Waals surface area (Å²) in [7, 11) is 0. The van der Waals surface area contributed by atoms with E-state index in [4.69, 9.17) is 4.74 Å². The molecule has 1 aliphatic rings. The van der Waals surface area contributed by atoms with Crippen molar-refractivity contribution in [3.05, 3.63) is 47.5 Å². The molecule has 0 saturated carbocycles. The van der Waals surface area contributed by atoms with Gasteiger partial charge in [-0.1, -0.05) is 24.3 Å². The molecule has 1 aromatic heterocycles. The van der Waals surface area contributed by atoms with Crippen LogP contribution in [0.15, 0.2) is 36.4 Å². The summed E-state index contributed by atoms with van der Waals surface area (Å²) >= 11 is 0. The number of hydrogen-bond donors (Lipinski definition) is 1. The molecular formula is C19H11F9N2O5. The highest BCUT2D eigenvalue weighted by Crippen LogP contribution is 2.38. The first-order valence-corrected chi connectivity index (χ1v) is 9.18. The van der Waals surface area contributed by atoms with Crippen molar-refractivity contribution >= 4 is 11.9 Å². The number of halogens is 9. The van der Waals surface area contributed by atoms with E-state index in [1.54, 1.807) is 0 Å². The Hall–Kier alpha value is -3.56. The normalized spacial score (nSPS) is 15.9. The van der Waals surface area contributed by atoms with Crippen LogP contribution in [0.4, 0.5) is 39.5 Å². The Kier molecular flexibility index (Phi) is 6.63. The lowest BCUT2D eigenvalue weighted by Gasteiger charge is -2.31. The van der Waals surface area contributed by atoms with E-state index in [-0.39, 0.29) is 12.1 Å². The van der Waals surface area contributed by atoms with Gasteiger partial charge < -0.3 is 19.5 Å². The van der Waals surface area contributed by atoms with E-state index in [1.807, 2.05) is 0 Å². The van der Waals surface area contributed by atoms with Gasteiger partial charge in [-0.3, -0.25) is 0 Å². The molecule has 0 unspecified atom stereocenters. The number of hydrogen-bond acceptors (Lipinski definition) is 7. The van der Waals surface area contributed by atoms with Gasteiger partial charge in [-0.15, -0.1) is 0 Å². The maximum absolute atomic E-state index is 13.4. The minimum Gasteiger partial charge on any atom is -0.401 e. The second kappa shape index (κ2) is 8.90. The minimum atomic E-state index is -5.74. The molecule has 2 aromatic rings. The summed E-state index contributed by atoms with van der Waals surface area (Å²) in [5.74, 6) is -10.7. The van der Waals surface area contributed by atoms with Gasteiger partial charge in [-0.25, -0.2) is 14.6 Å². The lowest BCUT2D eigenvalue weighted by Crippen LogP contribution is -2.55. The zero-order chi connectivity index (χ0) is 26.2. The first kappa shape index (κ1) is 26.1. The summed E-state index contributed by atoms with van der Waals surface area (Å²) in [5, 5.41) is 2.27. The van der Waals surface area contributed by atoms with E-state index in [9.17, 15) is 49.1 Å². The van der Waals surface area contributed by atoms with Gasteiger partial charge in [0.05, 0.1) is 11.3 Å². The van der Waals surface area contributed by atoms with Crippen molar-refractivity contribution in [2.75, 3.05) is 6.54 Å². The third kappa shape index (κ3) is 5.93. The van der Waals surface area contributed by atoms with Gasteiger partial charge in [0.1, 0.15) is 6.54 Å². The third-order valence-corrected chi connectivity index (χ3v) is 4.32. The van der Waals surface area contributed by atoms with E-state index in [0.717, 1.165) is 24.3 Å².